The van der Waals surface area contributed by atoms with Crippen LogP contribution in [-0.4, -0.2) is 61.6 Å². The molecule has 1 aromatic carbocycles. The number of rotatable bonds is 5. The van der Waals surface area contributed by atoms with Crippen LogP contribution in [0.1, 0.15) is 24.1 Å². The predicted molar refractivity (Wildman–Crippen MR) is 93.0 cm³/mol. The van der Waals surface area contributed by atoms with E-state index in [1.165, 1.54) is 5.69 Å². The zero-order valence-corrected chi connectivity index (χ0v) is 14.6. The standard InChI is InChI=1S/C18H24N4O3/c1-23-16-4-2-3-15(11-16)22-8-6-21(7-9-22)12-17-19-20-18(25-17)14-5-10-24-13-14/h2-4,11,14H,5-10,12-13H2,1H3. The summed E-state index contributed by atoms with van der Waals surface area (Å²) < 4.78 is 16.5. The van der Waals surface area contributed by atoms with Gasteiger partial charge < -0.3 is 18.8 Å². The number of nitrogens with zero attached hydrogens (tertiary/aromatic N) is 4. The fraction of sp³-hybridized carbons (Fsp3) is 0.556. The Hall–Kier alpha value is -2.12. The molecule has 0 spiro atoms. The van der Waals surface area contributed by atoms with Crippen molar-refractivity contribution in [1.82, 2.24) is 15.1 Å². The Balaban J connectivity index is 1.31. The second-order valence-corrected chi connectivity index (χ2v) is 6.56. The van der Waals surface area contributed by atoms with Crippen molar-refractivity contribution in [3.05, 3.63) is 36.0 Å². The van der Waals surface area contributed by atoms with E-state index in [-0.39, 0.29) is 5.92 Å². The molecule has 2 aliphatic rings. The number of aromatic nitrogens is 2. The van der Waals surface area contributed by atoms with Gasteiger partial charge in [0, 0.05) is 44.5 Å². The summed E-state index contributed by atoms with van der Waals surface area (Å²) in [6, 6.07) is 8.23. The highest BCUT2D eigenvalue weighted by molar-refractivity contribution is 5.51. The second kappa shape index (κ2) is 7.41. The third-order valence-corrected chi connectivity index (χ3v) is 4.91. The first-order valence-electron chi connectivity index (χ1n) is 8.83. The van der Waals surface area contributed by atoms with Crippen LogP contribution in [0.5, 0.6) is 5.75 Å². The predicted octanol–water partition coefficient (Wildman–Crippen LogP) is 1.90. The molecular weight excluding hydrogens is 320 g/mol. The van der Waals surface area contributed by atoms with Gasteiger partial charge in [-0.25, -0.2) is 0 Å². The Bertz CT molecular complexity index is 691. The number of anilines is 1. The largest absolute Gasteiger partial charge is 0.497 e. The van der Waals surface area contributed by atoms with Crippen molar-refractivity contribution >= 4 is 5.69 Å². The molecule has 0 saturated carbocycles. The lowest BCUT2D eigenvalue weighted by Gasteiger charge is -2.35. The summed E-state index contributed by atoms with van der Waals surface area (Å²) in [5.41, 5.74) is 1.21. The molecule has 0 radical (unpaired) electrons. The molecule has 134 valence electrons. The van der Waals surface area contributed by atoms with Crippen LogP contribution in [0, 0.1) is 0 Å². The highest BCUT2D eigenvalue weighted by Gasteiger charge is 2.25. The van der Waals surface area contributed by atoms with E-state index in [1.807, 2.05) is 12.1 Å². The Kier molecular flexibility index (Phi) is 4.85. The molecule has 2 fully saturated rings. The molecule has 7 nitrogen and oxygen atoms in total. The zero-order chi connectivity index (χ0) is 17.1. The highest BCUT2D eigenvalue weighted by Crippen LogP contribution is 2.25. The minimum atomic E-state index is 0.270. The maximum atomic E-state index is 5.84. The van der Waals surface area contributed by atoms with Gasteiger partial charge in [-0.2, -0.15) is 0 Å². The Labute approximate surface area is 147 Å². The molecule has 0 aliphatic carbocycles. The smallest absolute Gasteiger partial charge is 0.230 e. The van der Waals surface area contributed by atoms with Crippen molar-refractivity contribution in [1.29, 1.82) is 0 Å². The van der Waals surface area contributed by atoms with Crippen molar-refractivity contribution in [2.24, 2.45) is 0 Å². The van der Waals surface area contributed by atoms with E-state index >= 15 is 0 Å². The number of ether oxygens (including phenoxy) is 2. The number of hydrogen-bond acceptors (Lipinski definition) is 7. The molecule has 2 saturated heterocycles. The number of benzene rings is 1. The summed E-state index contributed by atoms with van der Waals surface area (Å²) in [4.78, 5) is 4.74. The van der Waals surface area contributed by atoms with Gasteiger partial charge in [-0.1, -0.05) is 6.07 Å². The van der Waals surface area contributed by atoms with Gasteiger partial charge >= 0.3 is 0 Å². The zero-order valence-electron chi connectivity index (χ0n) is 14.6. The average molecular weight is 344 g/mol. The molecule has 4 rings (SSSR count). The first-order valence-corrected chi connectivity index (χ1v) is 8.83. The molecule has 25 heavy (non-hydrogen) atoms. The fourth-order valence-corrected chi connectivity index (χ4v) is 3.39. The molecule has 2 aliphatic heterocycles. The molecule has 1 unspecified atom stereocenters. The van der Waals surface area contributed by atoms with Crippen LogP contribution in [0.2, 0.25) is 0 Å². The van der Waals surface area contributed by atoms with E-state index in [9.17, 15) is 0 Å². The molecule has 1 atom stereocenters. The van der Waals surface area contributed by atoms with Crippen LogP contribution in [0.15, 0.2) is 28.7 Å². The summed E-state index contributed by atoms with van der Waals surface area (Å²) in [7, 11) is 1.70. The van der Waals surface area contributed by atoms with Crippen molar-refractivity contribution in [3.63, 3.8) is 0 Å². The monoisotopic (exact) mass is 344 g/mol. The van der Waals surface area contributed by atoms with Crippen LogP contribution < -0.4 is 9.64 Å². The summed E-state index contributed by atoms with van der Waals surface area (Å²) in [6.07, 6.45) is 0.973. The molecule has 0 N–H and O–H groups in total. The number of hydrogen-bond donors (Lipinski definition) is 0. The quantitative estimate of drug-likeness (QED) is 0.821. The van der Waals surface area contributed by atoms with E-state index in [0.29, 0.717) is 19.0 Å². The lowest BCUT2D eigenvalue weighted by Crippen LogP contribution is -2.46. The maximum absolute atomic E-state index is 5.84. The number of piperazine rings is 1. The van der Waals surface area contributed by atoms with E-state index in [2.05, 4.69) is 32.1 Å². The second-order valence-electron chi connectivity index (χ2n) is 6.56. The van der Waals surface area contributed by atoms with Gasteiger partial charge in [-0.15, -0.1) is 10.2 Å². The Morgan fingerprint density at radius 2 is 2.08 bits per heavy atom. The lowest BCUT2D eigenvalue weighted by molar-refractivity contribution is 0.189. The Morgan fingerprint density at radius 1 is 1.20 bits per heavy atom. The molecular formula is C18H24N4O3. The lowest BCUT2D eigenvalue weighted by atomic mass is 10.1. The van der Waals surface area contributed by atoms with E-state index in [0.717, 1.165) is 50.8 Å². The van der Waals surface area contributed by atoms with E-state index < -0.39 is 0 Å². The summed E-state index contributed by atoms with van der Waals surface area (Å²) in [6.45, 7) is 6.10. The van der Waals surface area contributed by atoms with Crippen molar-refractivity contribution in [2.75, 3.05) is 51.4 Å². The molecule has 1 aromatic heterocycles. The van der Waals surface area contributed by atoms with E-state index in [4.69, 9.17) is 13.9 Å². The van der Waals surface area contributed by atoms with Gasteiger partial charge in [0.2, 0.25) is 11.8 Å². The SMILES string of the molecule is COc1cccc(N2CCN(Cc3nnc(C4CCOC4)o3)CC2)c1. The van der Waals surface area contributed by atoms with Gasteiger partial charge in [0.15, 0.2) is 0 Å². The summed E-state index contributed by atoms with van der Waals surface area (Å²) in [5.74, 6) is 2.60. The first kappa shape index (κ1) is 16.4. The highest BCUT2D eigenvalue weighted by atomic mass is 16.5. The van der Waals surface area contributed by atoms with Crippen LogP contribution in [0.25, 0.3) is 0 Å². The van der Waals surface area contributed by atoms with Crippen LogP contribution in [0.4, 0.5) is 5.69 Å². The van der Waals surface area contributed by atoms with Crippen LogP contribution in [-0.2, 0) is 11.3 Å². The molecule has 0 amide bonds. The van der Waals surface area contributed by atoms with Crippen molar-refractivity contribution in [2.45, 2.75) is 18.9 Å². The third kappa shape index (κ3) is 3.77. The molecule has 2 aromatic rings. The summed E-state index contributed by atoms with van der Waals surface area (Å²) in [5, 5.41) is 8.41. The first-order chi connectivity index (χ1) is 12.3. The molecule has 0 bridgehead atoms. The normalized spacial score (nSPS) is 21.6. The topological polar surface area (TPSA) is 63.9 Å². The van der Waals surface area contributed by atoms with Gasteiger partial charge in [-0.3, -0.25) is 4.90 Å². The minimum absolute atomic E-state index is 0.270. The Morgan fingerprint density at radius 3 is 2.84 bits per heavy atom. The van der Waals surface area contributed by atoms with Crippen molar-refractivity contribution < 1.29 is 13.9 Å². The third-order valence-electron chi connectivity index (χ3n) is 4.91. The van der Waals surface area contributed by atoms with Crippen LogP contribution in [0.3, 0.4) is 0 Å². The van der Waals surface area contributed by atoms with Crippen LogP contribution >= 0.6 is 0 Å². The molecule has 3 heterocycles. The summed E-state index contributed by atoms with van der Waals surface area (Å²) >= 11 is 0. The van der Waals surface area contributed by atoms with E-state index in [1.54, 1.807) is 7.11 Å². The van der Waals surface area contributed by atoms with Crippen molar-refractivity contribution in [3.8, 4) is 5.75 Å². The van der Waals surface area contributed by atoms with Gasteiger partial charge in [0.05, 0.1) is 26.2 Å². The minimum Gasteiger partial charge on any atom is -0.497 e. The van der Waals surface area contributed by atoms with Gasteiger partial charge in [-0.05, 0) is 18.6 Å². The van der Waals surface area contributed by atoms with Gasteiger partial charge in [0.25, 0.3) is 0 Å². The maximum Gasteiger partial charge on any atom is 0.230 e. The molecule has 7 heteroatoms. The number of methoxy groups -OCH3 is 1. The fourth-order valence-electron chi connectivity index (χ4n) is 3.39. The van der Waals surface area contributed by atoms with Gasteiger partial charge in [0.1, 0.15) is 5.75 Å². The average Bonchev–Trinajstić information content (AvgIpc) is 3.34.